The average Bonchev–Trinajstić information content (AvgIpc) is 3.23. The van der Waals surface area contributed by atoms with Gasteiger partial charge in [-0.2, -0.15) is 0 Å². The van der Waals surface area contributed by atoms with Crippen molar-refractivity contribution in [2.75, 3.05) is 32.7 Å². The van der Waals surface area contributed by atoms with Gasteiger partial charge in [-0.05, 0) is 51.2 Å². The average molecular weight is 316 g/mol. The molecule has 2 amide bonds. The second kappa shape index (κ2) is 7.56. The minimum absolute atomic E-state index is 0. The van der Waals surface area contributed by atoms with Gasteiger partial charge >= 0.3 is 0 Å². The highest BCUT2D eigenvalue weighted by atomic mass is 35.5. The fourth-order valence-electron chi connectivity index (χ4n) is 3.13. The van der Waals surface area contributed by atoms with Gasteiger partial charge in [0.05, 0.1) is 0 Å². The van der Waals surface area contributed by atoms with Crippen molar-refractivity contribution in [2.45, 2.75) is 44.6 Å². The summed E-state index contributed by atoms with van der Waals surface area (Å²) in [5.74, 6) is 0.965. The molecule has 0 spiro atoms. The van der Waals surface area contributed by atoms with E-state index in [0.29, 0.717) is 25.4 Å². The Morgan fingerprint density at radius 2 is 1.57 bits per heavy atom. The third kappa shape index (κ3) is 4.66. The van der Waals surface area contributed by atoms with E-state index in [-0.39, 0.29) is 24.2 Å². The first-order chi connectivity index (χ1) is 9.72. The minimum Gasteiger partial charge on any atom is -0.314 e. The summed E-state index contributed by atoms with van der Waals surface area (Å²) in [6.07, 6.45) is 6.01. The molecule has 1 saturated carbocycles. The van der Waals surface area contributed by atoms with E-state index in [0.717, 1.165) is 25.6 Å². The monoisotopic (exact) mass is 315 g/mol. The van der Waals surface area contributed by atoms with Crippen LogP contribution in [0.5, 0.6) is 0 Å². The first-order valence-electron chi connectivity index (χ1n) is 8.01. The van der Waals surface area contributed by atoms with Crippen molar-refractivity contribution >= 4 is 24.2 Å². The maximum Gasteiger partial charge on any atom is 0.229 e. The number of piperidine rings is 1. The predicted molar refractivity (Wildman–Crippen MR) is 83.4 cm³/mol. The van der Waals surface area contributed by atoms with E-state index in [9.17, 15) is 9.59 Å². The molecule has 0 aromatic rings. The molecule has 0 atom stereocenters. The van der Waals surface area contributed by atoms with Crippen LogP contribution in [-0.2, 0) is 9.59 Å². The molecule has 6 heteroatoms. The van der Waals surface area contributed by atoms with E-state index in [1.54, 1.807) is 0 Å². The number of hydrogen-bond donors (Lipinski definition) is 1. The van der Waals surface area contributed by atoms with Crippen molar-refractivity contribution in [3.63, 3.8) is 0 Å². The molecule has 2 saturated heterocycles. The second-order valence-electron chi connectivity index (χ2n) is 6.41. The topological polar surface area (TPSA) is 52.7 Å². The quantitative estimate of drug-likeness (QED) is 0.744. The molecule has 3 aliphatic rings. The van der Waals surface area contributed by atoms with Crippen LogP contribution in [0, 0.1) is 5.92 Å². The molecule has 0 unspecified atom stereocenters. The lowest BCUT2D eigenvalue weighted by Crippen LogP contribution is -2.46. The number of imide groups is 1. The van der Waals surface area contributed by atoms with Gasteiger partial charge in [0, 0.05) is 32.0 Å². The second-order valence-corrected chi connectivity index (χ2v) is 6.41. The summed E-state index contributed by atoms with van der Waals surface area (Å²) >= 11 is 0. The van der Waals surface area contributed by atoms with Crippen LogP contribution in [-0.4, -0.2) is 60.4 Å². The zero-order chi connectivity index (χ0) is 13.9. The molecule has 0 aromatic carbocycles. The van der Waals surface area contributed by atoms with Crippen LogP contribution in [0.2, 0.25) is 0 Å². The van der Waals surface area contributed by atoms with Crippen molar-refractivity contribution in [3.8, 4) is 0 Å². The summed E-state index contributed by atoms with van der Waals surface area (Å²) in [6, 6.07) is 0.668. The number of amides is 2. The van der Waals surface area contributed by atoms with Gasteiger partial charge in [0.15, 0.2) is 0 Å². The van der Waals surface area contributed by atoms with Gasteiger partial charge in [-0.15, -0.1) is 12.4 Å². The maximum absolute atomic E-state index is 11.5. The van der Waals surface area contributed by atoms with E-state index in [1.165, 1.54) is 37.1 Å². The predicted octanol–water partition coefficient (Wildman–Crippen LogP) is 1.02. The third-order valence-corrected chi connectivity index (χ3v) is 4.77. The van der Waals surface area contributed by atoms with E-state index >= 15 is 0 Å². The SMILES string of the molecule is Cl.O=C1CCC(=O)N1CCN1CCC(NCC2CC2)CC1. The summed E-state index contributed by atoms with van der Waals surface area (Å²) in [5, 5.41) is 3.67. The third-order valence-electron chi connectivity index (χ3n) is 4.77. The number of carbonyl (C=O) groups excluding carboxylic acids is 2. The van der Waals surface area contributed by atoms with Crippen LogP contribution in [0.1, 0.15) is 38.5 Å². The smallest absolute Gasteiger partial charge is 0.229 e. The lowest BCUT2D eigenvalue weighted by molar-refractivity contribution is -0.138. The number of halogens is 1. The molecule has 2 aliphatic heterocycles. The van der Waals surface area contributed by atoms with Crippen LogP contribution in [0.3, 0.4) is 0 Å². The normalized spacial score (nSPS) is 24.5. The van der Waals surface area contributed by atoms with Crippen molar-refractivity contribution in [1.82, 2.24) is 15.1 Å². The number of hydrogen-bond acceptors (Lipinski definition) is 4. The molecule has 3 rings (SSSR count). The Morgan fingerprint density at radius 1 is 0.952 bits per heavy atom. The first-order valence-corrected chi connectivity index (χ1v) is 8.01. The highest BCUT2D eigenvalue weighted by Gasteiger charge is 2.29. The molecule has 1 N–H and O–H groups in total. The van der Waals surface area contributed by atoms with Gasteiger partial charge in [-0.3, -0.25) is 14.5 Å². The molecule has 2 heterocycles. The van der Waals surface area contributed by atoms with Crippen molar-refractivity contribution < 1.29 is 9.59 Å². The number of carbonyl (C=O) groups is 2. The Morgan fingerprint density at radius 3 is 2.14 bits per heavy atom. The Hall–Kier alpha value is -0.650. The van der Waals surface area contributed by atoms with Gasteiger partial charge in [0.25, 0.3) is 0 Å². The highest BCUT2D eigenvalue weighted by molar-refractivity contribution is 6.01. The van der Waals surface area contributed by atoms with Crippen molar-refractivity contribution in [2.24, 2.45) is 5.92 Å². The number of rotatable bonds is 6. The van der Waals surface area contributed by atoms with E-state index in [2.05, 4.69) is 10.2 Å². The summed E-state index contributed by atoms with van der Waals surface area (Å²) in [6.45, 7) is 4.78. The molecule has 0 aromatic heterocycles. The van der Waals surface area contributed by atoms with Crippen molar-refractivity contribution in [3.05, 3.63) is 0 Å². The largest absolute Gasteiger partial charge is 0.314 e. The molecule has 0 radical (unpaired) electrons. The Labute approximate surface area is 132 Å². The zero-order valence-corrected chi connectivity index (χ0v) is 13.4. The molecule has 120 valence electrons. The lowest BCUT2D eigenvalue weighted by Gasteiger charge is -2.33. The van der Waals surface area contributed by atoms with Crippen LogP contribution < -0.4 is 5.32 Å². The number of nitrogens with zero attached hydrogens (tertiary/aromatic N) is 2. The molecular weight excluding hydrogens is 290 g/mol. The lowest BCUT2D eigenvalue weighted by atomic mass is 10.0. The molecule has 0 bridgehead atoms. The van der Waals surface area contributed by atoms with Gasteiger partial charge in [-0.1, -0.05) is 0 Å². The Balaban J connectivity index is 0.00000161. The van der Waals surface area contributed by atoms with E-state index < -0.39 is 0 Å². The molecule has 3 fully saturated rings. The Kier molecular flexibility index (Phi) is 6.02. The van der Waals surface area contributed by atoms with Crippen molar-refractivity contribution in [1.29, 1.82) is 0 Å². The molecule has 5 nitrogen and oxygen atoms in total. The minimum atomic E-state index is 0. The van der Waals surface area contributed by atoms with Crippen LogP contribution in [0.25, 0.3) is 0 Å². The summed E-state index contributed by atoms with van der Waals surface area (Å²) < 4.78 is 0. The summed E-state index contributed by atoms with van der Waals surface area (Å²) in [4.78, 5) is 26.9. The zero-order valence-electron chi connectivity index (χ0n) is 12.6. The fraction of sp³-hybridized carbons (Fsp3) is 0.867. The van der Waals surface area contributed by atoms with Gasteiger partial charge < -0.3 is 10.2 Å². The first kappa shape index (κ1) is 16.7. The number of nitrogens with one attached hydrogen (secondary N) is 1. The van der Waals surface area contributed by atoms with E-state index in [4.69, 9.17) is 0 Å². The maximum atomic E-state index is 11.5. The van der Waals surface area contributed by atoms with Crippen LogP contribution in [0.4, 0.5) is 0 Å². The molecular formula is C15H26ClN3O2. The van der Waals surface area contributed by atoms with E-state index in [1.807, 2.05) is 0 Å². The van der Waals surface area contributed by atoms with Crippen LogP contribution in [0.15, 0.2) is 0 Å². The highest BCUT2D eigenvalue weighted by Crippen LogP contribution is 2.28. The van der Waals surface area contributed by atoms with Gasteiger partial charge in [0.2, 0.25) is 11.8 Å². The summed E-state index contributed by atoms with van der Waals surface area (Å²) in [5.41, 5.74) is 0. The molecule has 1 aliphatic carbocycles. The van der Waals surface area contributed by atoms with Gasteiger partial charge in [-0.25, -0.2) is 0 Å². The number of likely N-dealkylation sites (tertiary alicyclic amines) is 2. The van der Waals surface area contributed by atoms with Gasteiger partial charge in [0.1, 0.15) is 0 Å². The summed E-state index contributed by atoms with van der Waals surface area (Å²) in [7, 11) is 0. The Bertz CT molecular complexity index is 363. The van der Waals surface area contributed by atoms with Crippen LogP contribution >= 0.6 is 12.4 Å². The standard InChI is InChI=1S/C15H25N3O2.ClH/c19-14-3-4-15(20)18(14)10-9-17-7-5-13(6-8-17)16-11-12-1-2-12;/h12-13,16H,1-11H2;1H. The fourth-order valence-corrected chi connectivity index (χ4v) is 3.13. The molecule has 21 heavy (non-hydrogen) atoms.